The molecular formula is C10H16N2O2. The molecule has 1 aromatic heterocycles. The molecule has 0 spiro atoms. The zero-order valence-corrected chi connectivity index (χ0v) is 8.64. The van der Waals surface area contributed by atoms with Crippen LogP contribution in [0.3, 0.4) is 0 Å². The van der Waals surface area contributed by atoms with Crippen LogP contribution in [0, 0.1) is 0 Å². The van der Waals surface area contributed by atoms with Gasteiger partial charge in [0.15, 0.2) is 0 Å². The van der Waals surface area contributed by atoms with Crippen LogP contribution in [-0.2, 0) is 16.2 Å². The Morgan fingerprint density at radius 2 is 2.07 bits per heavy atom. The van der Waals surface area contributed by atoms with Crippen LogP contribution in [0.15, 0.2) is 24.5 Å². The molecule has 78 valence electrons. The van der Waals surface area contributed by atoms with E-state index in [2.05, 4.69) is 4.57 Å². The number of rotatable bonds is 5. The summed E-state index contributed by atoms with van der Waals surface area (Å²) >= 11 is 0. The molecule has 0 aliphatic heterocycles. The predicted octanol–water partition coefficient (Wildman–Crippen LogP) is 1.29. The lowest BCUT2D eigenvalue weighted by molar-refractivity contribution is -0.168. The van der Waals surface area contributed by atoms with Crippen molar-refractivity contribution in [3.05, 3.63) is 24.5 Å². The second-order valence-electron chi connectivity index (χ2n) is 3.10. The Labute approximate surface area is 84.0 Å². The third kappa shape index (κ3) is 3.22. The lowest BCUT2D eigenvalue weighted by atomic mass is 10.3. The van der Waals surface area contributed by atoms with Crippen LogP contribution in [0.2, 0.25) is 0 Å². The van der Waals surface area contributed by atoms with E-state index < -0.39 is 0 Å². The average molecular weight is 196 g/mol. The van der Waals surface area contributed by atoms with Crippen molar-refractivity contribution < 1.29 is 9.63 Å². The molecule has 0 aliphatic rings. The molecule has 0 unspecified atom stereocenters. The van der Waals surface area contributed by atoms with Crippen LogP contribution in [0.5, 0.6) is 0 Å². The van der Waals surface area contributed by atoms with Gasteiger partial charge in [0.1, 0.15) is 0 Å². The number of amides is 1. The molecular weight excluding hydrogens is 180 g/mol. The summed E-state index contributed by atoms with van der Waals surface area (Å²) < 4.78 is 2.06. The lowest BCUT2D eigenvalue weighted by Gasteiger charge is -2.13. The first-order chi connectivity index (χ1) is 6.74. The van der Waals surface area contributed by atoms with Gasteiger partial charge in [-0.3, -0.25) is 9.63 Å². The number of aromatic nitrogens is 1. The van der Waals surface area contributed by atoms with Crippen LogP contribution >= 0.6 is 0 Å². The third-order valence-corrected chi connectivity index (χ3v) is 2.10. The molecule has 14 heavy (non-hydrogen) atoms. The maximum atomic E-state index is 11.3. The van der Waals surface area contributed by atoms with Crippen LogP contribution in [0.1, 0.15) is 12.8 Å². The van der Waals surface area contributed by atoms with Gasteiger partial charge in [0, 0.05) is 32.4 Å². The minimum absolute atomic E-state index is 0.0136. The van der Waals surface area contributed by atoms with Crippen molar-refractivity contribution >= 4 is 5.91 Å². The first-order valence-corrected chi connectivity index (χ1v) is 4.65. The fourth-order valence-electron chi connectivity index (χ4n) is 1.19. The Hall–Kier alpha value is -1.29. The van der Waals surface area contributed by atoms with Gasteiger partial charge in [-0.05, 0) is 18.6 Å². The molecule has 0 aromatic carbocycles. The van der Waals surface area contributed by atoms with E-state index >= 15 is 0 Å². The van der Waals surface area contributed by atoms with E-state index in [9.17, 15) is 4.79 Å². The van der Waals surface area contributed by atoms with Gasteiger partial charge in [0.05, 0.1) is 7.11 Å². The van der Waals surface area contributed by atoms with Crippen molar-refractivity contribution in [2.45, 2.75) is 19.4 Å². The van der Waals surface area contributed by atoms with Crippen molar-refractivity contribution in [2.75, 3.05) is 14.2 Å². The topological polar surface area (TPSA) is 34.5 Å². The van der Waals surface area contributed by atoms with Gasteiger partial charge in [-0.2, -0.15) is 0 Å². The highest BCUT2D eigenvalue weighted by Crippen LogP contribution is 1.99. The Morgan fingerprint density at radius 1 is 1.43 bits per heavy atom. The summed E-state index contributed by atoms with van der Waals surface area (Å²) in [6, 6.07) is 3.95. The highest BCUT2D eigenvalue weighted by Gasteiger charge is 2.06. The quantitative estimate of drug-likeness (QED) is 0.665. The van der Waals surface area contributed by atoms with Gasteiger partial charge in [0.25, 0.3) is 0 Å². The van der Waals surface area contributed by atoms with Crippen LogP contribution in [-0.4, -0.2) is 29.7 Å². The second-order valence-corrected chi connectivity index (χ2v) is 3.10. The van der Waals surface area contributed by atoms with Crippen molar-refractivity contribution in [1.29, 1.82) is 0 Å². The molecule has 1 amide bonds. The van der Waals surface area contributed by atoms with E-state index in [1.807, 2.05) is 24.5 Å². The summed E-state index contributed by atoms with van der Waals surface area (Å²) in [4.78, 5) is 16.1. The molecule has 0 N–H and O–H groups in total. The van der Waals surface area contributed by atoms with Gasteiger partial charge in [-0.25, -0.2) is 5.06 Å². The van der Waals surface area contributed by atoms with Crippen molar-refractivity contribution in [3.63, 3.8) is 0 Å². The normalized spacial score (nSPS) is 10.1. The summed E-state index contributed by atoms with van der Waals surface area (Å²) in [6.45, 7) is 0.871. The second kappa shape index (κ2) is 5.44. The average Bonchev–Trinajstić information content (AvgIpc) is 2.69. The van der Waals surface area contributed by atoms with Gasteiger partial charge in [0.2, 0.25) is 5.91 Å². The summed E-state index contributed by atoms with van der Waals surface area (Å²) in [5.41, 5.74) is 0. The highest BCUT2D eigenvalue weighted by molar-refractivity contribution is 5.74. The van der Waals surface area contributed by atoms with E-state index in [-0.39, 0.29) is 5.91 Å². The summed E-state index contributed by atoms with van der Waals surface area (Å²) in [7, 11) is 3.11. The highest BCUT2D eigenvalue weighted by atomic mass is 16.7. The van der Waals surface area contributed by atoms with Crippen molar-refractivity contribution in [2.24, 2.45) is 0 Å². The summed E-state index contributed by atoms with van der Waals surface area (Å²) in [6.07, 6.45) is 5.33. The number of carbonyl (C=O) groups is 1. The first-order valence-electron chi connectivity index (χ1n) is 4.65. The standard InChI is InChI=1S/C10H16N2O2/c1-11(14-2)10(13)6-5-9-12-7-3-4-8-12/h3-4,7-8H,5-6,9H2,1-2H3. The van der Waals surface area contributed by atoms with Crippen LogP contribution in [0.4, 0.5) is 0 Å². The summed E-state index contributed by atoms with van der Waals surface area (Å²) in [5, 5.41) is 1.26. The molecule has 1 rings (SSSR count). The van der Waals surface area contributed by atoms with E-state index in [4.69, 9.17) is 4.84 Å². The summed E-state index contributed by atoms with van der Waals surface area (Å²) in [5.74, 6) is 0.0136. The first kappa shape index (κ1) is 10.8. The Morgan fingerprint density at radius 3 is 2.64 bits per heavy atom. The molecule has 0 bridgehead atoms. The predicted molar refractivity (Wildman–Crippen MR) is 53.4 cm³/mol. The maximum absolute atomic E-state index is 11.3. The van der Waals surface area contributed by atoms with Crippen molar-refractivity contribution in [1.82, 2.24) is 9.63 Å². The number of nitrogens with zero attached hydrogens (tertiary/aromatic N) is 2. The van der Waals surface area contributed by atoms with E-state index in [0.717, 1.165) is 13.0 Å². The SMILES string of the molecule is CON(C)C(=O)CCCn1cccc1. The molecule has 0 fully saturated rings. The number of hydroxylamine groups is 2. The van der Waals surface area contributed by atoms with Crippen LogP contribution in [0.25, 0.3) is 0 Å². The van der Waals surface area contributed by atoms with Gasteiger partial charge < -0.3 is 4.57 Å². The number of hydrogen-bond acceptors (Lipinski definition) is 2. The maximum Gasteiger partial charge on any atom is 0.245 e. The molecule has 0 aliphatic carbocycles. The Kier molecular flexibility index (Phi) is 4.19. The van der Waals surface area contributed by atoms with E-state index in [0.29, 0.717) is 6.42 Å². The minimum Gasteiger partial charge on any atom is -0.354 e. The smallest absolute Gasteiger partial charge is 0.245 e. The third-order valence-electron chi connectivity index (χ3n) is 2.10. The number of carbonyl (C=O) groups excluding carboxylic acids is 1. The van der Waals surface area contributed by atoms with Gasteiger partial charge in [-0.1, -0.05) is 0 Å². The molecule has 0 saturated heterocycles. The minimum atomic E-state index is 0.0136. The molecule has 0 saturated carbocycles. The van der Waals surface area contributed by atoms with Gasteiger partial charge >= 0.3 is 0 Å². The molecule has 4 nitrogen and oxygen atoms in total. The number of hydrogen-bond donors (Lipinski definition) is 0. The lowest BCUT2D eigenvalue weighted by Crippen LogP contribution is -2.25. The molecule has 0 radical (unpaired) electrons. The monoisotopic (exact) mass is 196 g/mol. The fourth-order valence-corrected chi connectivity index (χ4v) is 1.19. The molecule has 1 heterocycles. The van der Waals surface area contributed by atoms with Crippen LogP contribution < -0.4 is 0 Å². The Balaban J connectivity index is 2.18. The van der Waals surface area contributed by atoms with Gasteiger partial charge in [-0.15, -0.1) is 0 Å². The van der Waals surface area contributed by atoms with E-state index in [1.165, 1.54) is 12.2 Å². The zero-order chi connectivity index (χ0) is 10.4. The number of aryl methyl sites for hydroxylation is 1. The molecule has 0 atom stereocenters. The van der Waals surface area contributed by atoms with Crippen molar-refractivity contribution in [3.8, 4) is 0 Å². The van der Waals surface area contributed by atoms with E-state index in [1.54, 1.807) is 7.05 Å². The zero-order valence-electron chi connectivity index (χ0n) is 8.64. The molecule has 4 heteroatoms. The fraction of sp³-hybridized carbons (Fsp3) is 0.500. The largest absolute Gasteiger partial charge is 0.354 e. The Bertz CT molecular complexity index is 270. The molecule has 1 aromatic rings.